The van der Waals surface area contributed by atoms with Crippen molar-refractivity contribution in [1.29, 1.82) is 0 Å². The van der Waals surface area contributed by atoms with Crippen LogP contribution in [0.25, 0.3) is 0 Å². The number of carboxylic acid groups (broad SMARTS) is 1. The summed E-state index contributed by atoms with van der Waals surface area (Å²) in [4.78, 5) is 33.6. The molecule has 1 heterocycles. The summed E-state index contributed by atoms with van der Waals surface area (Å²) in [5, 5.41) is 8.36. The Morgan fingerprint density at radius 2 is 1.79 bits per heavy atom. The number of rotatable bonds is 5. The second-order valence-electron chi connectivity index (χ2n) is 3.29. The second kappa shape index (κ2) is 4.74. The van der Waals surface area contributed by atoms with Gasteiger partial charge in [0.25, 0.3) is 0 Å². The van der Waals surface area contributed by atoms with E-state index in [9.17, 15) is 14.4 Å². The maximum atomic E-state index is 11.1. The zero-order chi connectivity index (χ0) is 10.6. The Morgan fingerprint density at radius 1 is 1.21 bits per heavy atom. The molecule has 5 heteroatoms. The van der Waals surface area contributed by atoms with Crippen molar-refractivity contribution in [1.82, 2.24) is 4.90 Å². The largest absolute Gasteiger partial charge is 0.481 e. The van der Waals surface area contributed by atoms with Crippen LogP contribution in [-0.4, -0.2) is 34.3 Å². The van der Waals surface area contributed by atoms with E-state index in [1.165, 1.54) is 4.90 Å². The van der Waals surface area contributed by atoms with Crippen LogP contribution >= 0.6 is 0 Å². The summed E-state index contributed by atoms with van der Waals surface area (Å²) in [6, 6.07) is 0. The van der Waals surface area contributed by atoms with Crippen molar-refractivity contribution in [3.8, 4) is 0 Å². The van der Waals surface area contributed by atoms with Crippen LogP contribution in [0.4, 0.5) is 0 Å². The molecule has 14 heavy (non-hydrogen) atoms. The van der Waals surface area contributed by atoms with E-state index in [0.29, 0.717) is 32.2 Å². The van der Waals surface area contributed by atoms with Gasteiger partial charge in [-0.05, 0) is 12.8 Å². The van der Waals surface area contributed by atoms with Crippen molar-refractivity contribution in [2.45, 2.75) is 32.1 Å². The third-order valence-corrected chi connectivity index (χ3v) is 2.18. The fraction of sp³-hybridized carbons (Fsp3) is 0.667. The molecule has 1 rings (SSSR count). The molecule has 0 radical (unpaired) electrons. The molecular weight excluding hydrogens is 187 g/mol. The maximum Gasteiger partial charge on any atom is 0.303 e. The molecule has 1 aliphatic heterocycles. The Kier molecular flexibility index (Phi) is 3.62. The van der Waals surface area contributed by atoms with Gasteiger partial charge >= 0.3 is 5.97 Å². The predicted octanol–water partition coefficient (Wildman–Crippen LogP) is 0.390. The molecule has 0 unspecified atom stereocenters. The zero-order valence-corrected chi connectivity index (χ0v) is 7.86. The van der Waals surface area contributed by atoms with Gasteiger partial charge in [0.1, 0.15) is 0 Å². The third kappa shape index (κ3) is 2.83. The molecule has 0 saturated carbocycles. The fourth-order valence-electron chi connectivity index (χ4n) is 1.42. The maximum absolute atomic E-state index is 11.1. The molecule has 1 aliphatic rings. The van der Waals surface area contributed by atoms with Gasteiger partial charge in [-0.2, -0.15) is 0 Å². The molecule has 0 aromatic rings. The minimum atomic E-state index is -0.843. The number of imide groups is 1. The lowest BCUT2D eigenvalue weighted by molar-refractivity contribution is -0.138. The minimum absolute atomic E-state index is 0.0935. The van der Waals surface area contributed by atoms with Crippen LogP contribution in [-0.2, 0) is 14.4 Å². The van der Waals surface area contributed by atoms with E-state index in [1.54, 1.807) is 0 Å². The first kappa shape index (κ1) is 10.7. The number of aliphatic carboxylic acids is 1. The number of nitrogens with zero attached hydrogens (tertiary/aromatic N) is 1. The Bertz CT molecular complexity index is 246. The van der Waals surface area contributed by atoms with Gasteiger partial charge in [0.05, 0.1) is 0 Å². The molecule has 1 fully saturated rings. The molecule has 0 aliphatic carbocycles. The van der Waals surface area contributed by atoms with Crippen LogP contribution in [0.5, 0.6) is 0 Å². The lowest BCUT2D eigenvalue weighted by atomic mass is 10.3. The topological polar surface area (TPSA) is 74.7 Å². The number of hydrogen-bond donors (Lipinski definition) is 1. The number of carbonyl (C=O) groups is 3. The highest BCUT2D eigenvalue weighted by atomic mass is 16.5. The van der Waals surface area contributed by atoms with Crippen molar-refractivity contribution >= 4 is 17.8 Å². The molecule has 1 saturated heterocycles. The van der Waals surface area contributed by atoms with E-state index in [2.05, 4.69) is 0 Å². The predicted molar refractivity (Wildman–Crippen MR) is 47.4 cm³/mol. The van der Waals surface area contributed by atoms with Crippen LogP contribution in [0.1, 0.15) is 32.1 Å². The number of carboxylic acids is 1. The highest BCUT2D eigenvalue weighted by molar-refractivity contribution is 6.01. The van der Waals surface area contributed by atoms with Crippen molar-refractivity contribution in [3.05, 3.63) is 0 Å². The number of hydrogen-bond acceptors (Lipinski definition) is 3. The molecule has 1 N–H and O–H groups in total. The van der Waals surface area contributed by atoms with Gasteiger partial charge in [-0.25, -0.2) is 0 Å². The summed E-state index contributed by atoms with van der Waals surface area (Å²) in [5.74, 6) is -1.11. The smallest absolute Gasteiger partial charge is 0.303 e. The molecule has 0 spiro atoms. The Morgan fingerprint density at radius 3 is 2.29 bits per heavy atom. The number of unbranched alkanes of at least 4 members (excludes halogenated alkanes) is 1. The highest BCUT2D eigenvalue weighted by Crippen LogP contribution is 2.12. The van der Waals surface area contributed by atoms with Gasteiger partial charge in [0.15, 0.2) is 0 Å². The summed E-state index contributed by atoms with van der Waals surface area (Å²) in [6.45, 7) is 0.366. The monoisotopic (exact) mass is 200 g/mol. The summed E-state index contributed by atoms with van der Waals surface area (Å²) in [7, 11) is 0. The highest BCUT2D eigenvalue weighted by Gasteiger charge is 2.27. The summed E-state index contributed by atoms with van der Waals surface area (Å²) in [5.41, 5.74) is 0. The van der Waals surface area contributed by atoms with E-state index < -0.39 is 5.97 Å². The van der Waals surface area contributed by atoms with Gasteiger partial charge < -0.3 is 5.11 Å². The average molecular weight is 200 g/mol. The SMILES string of the molecule is O=C1CCC(=O)N1CCCC[13C](=O)O. The summed E-state index contributed by atoms with van der Waals surface area (Å²) >= 11 is 0. The molecule has 0 aromatic carbocycles. The van der Waals surface area contributed by atoms with Crippen LogP contribution in [0.2, 0.25) is 0 Å². The van der Waals surface area contributed by atoms with Crippen LogP contribution < -0.4 is 0 Å². The van der Waals surface area contributed by atoms with Crippen molar-refractivity contribution in [2.24, 2.45) is 0 Å². The van der Waals surface area contributed by atoms with Gasteiger partial charge in [0, 0.05) is 25.8 Å². The lowest BCUT2D eigenvalue weighted by Crippen LogP contribution is -2.30. The van der Waals surface area contributed by atoms with E-state index >= 15 is 0 Å². The second-order valence-corrected chi connectivity index (χ2v) is 3.29. The normalized spacial score (nSPS) is 16.4. The van der Waals surface area contributed by atoms with Gasteiger partial charge in [-0.3, -0.25) is 19.3 Å². The first-order valence-corrected chi connectivity index (χ1v) is 4.66. The van der Waals surface area contributed by atoms with E-state index in [0.717, 1.165) is 0 Å². The molecule has 0 aromatic heterocycles. The number of likely N-dealkylation sites (tertiary alicyclic amines) is 1. The van der Waals surface area contributed by atoms with Crippen molar-refractivity contribution < 1.29 is 19.5 Å². The van der Waals surface area contributed by atoms with Crippen LogP contribution in [0, 0.1) is 0 Å². The summed E-state index contributed by atoms with van der Waals surface area (Å²) < 4.78 is 0. The standard InChI is InChI=1S/C9H13NO4/c11-7-4-5-8(12)10(7)6-2-1-3-9(13)14/h1-6H2,(H,13,14)/i9+1. The summed E-state index contributed by atoms with van der Waals surface area (Å²) in [6.07, 6.45) is 1.78. The van der Waals surface area contributed by atoms with Crippen LogP contribution in [0.3, 0.4) is 0 Å². The zero-order valence-electron chi connectivity index (χ0n) is 7.86. The quantitative estimate of drug-likeness (QED) is 0.395. The number of amides is 2. The Labute approximate surface area is 81.7 Å². The molecular formula is C9H13NO4. The van der Waals surface area contributed by atoms with E-state index in [4.69, 9.17) is 5.11 Å². The van der Waals surface area contributed by atoms with Crippen molar-refractivity contribution in [2.75, 3.05) is 6.54 Å². The first-order chi connectivity index (χ1) is 6.61. The molecule has 0 bridgehead atoms. The van der Waals surface area contributed by atoms with Crippen molar-refractivity contribution in [3.63, 3.8) is 0 Å². The first-order valence-electron chi connectivity index (χ1n) is 4.66. The molecule has 5 nitrogen and oxygen atoms in total. The molecule has 2 amide bonds. The Balaban J connectivity index is 2.20. The Hall–Kier alpha value is -1.39. The number of carbonyl (C=O) groups excluding carboxylic acids is 2. The van der Waals surface area contributed by atoms with Gasteiger partial charge in [0.2, 0.25) is 11.8 Å². The third-order valence-electron chi connectivity index (χ3n) is 2.18. The van der Waals surface area contributed by atoms with Gasteiger partial charge in [-0.15, -0.1) is 0 Å². The average Bonchev–Trinajstić information content (AvgIpc) is 2.42. The lowest BCUT2D eigenvalue weighted by Gasteiger charge is -2.12. The van der Waals surface area contributed by atoms with Crippen LogP contribution in [0.15, 0.2) is 0 Å². The molecule has 78 valence electrons. The molecule has 0 atom stereocenters. The van der Waals surface area contributed by atoms with E-state index in [-0.39, 0.29) is 18.2 Å². The fourth-order valence-corrected chi connectivity index (χ4v) is 1.42. The van der Waals surface area contributed by atoms with Gasteiger partial charge in [-0.1, -0.05) is 0 Å². The van der Waals surface area contributed by atoms with E-state index in [1.807, 2.05) is 0 Å². The minimum Gasteiger partial charge on any atom is -0.481 e.